The maximum Gasteiger partial charge on any atom is 0.261 e. The Bertz CT molecular complexity index is 564. The summed E-state index contributed by atoms with van der Waals surface area (Å²) >= 11 is 0. The van der Waals surface area contributed by atoms with Crippen LogP contribution in [0.1, 0.15) is 49.9 Å². The van der Waals surface area contributed by atoms with E-state index < -0.39 is 9.05 Å². The van der Waals surface area contributed by atoms with E-state index in [0.29, 0.717) is 18.7 Å². The molecule has 1 amide bonds. The van der Waals surface area contributed by atoms with Crippen LogP contribution in [0.25, 0.3) is 0 Å². The molecule has 0 saturated carbocycles. The Labute approximate surface area is 131 Å². The van der Waals surface area contributed by atoms with E-state index in [9.17, 15) is 13.2 Å². The van der Waals surface area contributed by atoms with Gasteiger partial charge in [-0.15, -0.1) is 0 Å². The van der Waals surface area contributed by atoms with Crippen LogP contribution >= 0.6 is 10.7 Å². The van der Waals surface area contributed by atoms with E-state index in [1.807, 2.05) is 0 Å². The molecule has 1 aromatic carbocycles. The van der Waals surface area contributed by atoms with E-state index >= 15 is 0 Å². The first-order chi connectivity index (χ1) is 9.90. The fourth-order valence-corrected chi connectivity index (χ4v) is 2.77. The lowest BCUT2D eigenvalue weighted by Crippen LogP contribution is -2.33. The minimum atomic E-state index is -3.82. The molecule has 1 rings (SSSR count). The van der Waals surface area contributed by atoms with Crippen molar-refractivity contribution in [3.63, 3.8) is 0 Å². The molecule has 0 saturated heterocycles. The fraction of sp³-hybridized carbons (Fsp3) is 0.533. The first-order valence-corrected chi connectivity index (χ1v) is 9.55. The van der Waals surface area contributed by atoms with E-state index in [2.05, 4.69) is 13.8 Å². The van der Waals surface area contributed by atoms with E-state index in [4.69, 9.17) is 10.7 Å². The highest BCUT2D eigenvalue weighted by atomic mass is 35.7. The highest BCUT2D eigenvalue weighted by Gasteiger charge is 2.17. The lowest BCUT2D eigenvalue weighted by Gasteiger charge is -2.22. The predicted molar refractivity (Wildman–Crippen MR) is 85.2 cm³/mol. The third-order valence-electron chi connectivity index (χ3n) is 3.21. The van der Waals surface area contributed by atoms with Crippen LogP contribution in [0.5, 0.6) is 0 Å². The van der Waals surface area contributed by atoms with Crippen LogP contribution in [0.3, 0.4) is 0 Å². The number of amides is 1. The first kappa shape index (κ1) is 18.0. The van der Waals surface area contributed by atoms with Crippen molar-refractivity contribution in [1.82, 2.24) is 4.90 Å². The smallest absolute Gasteiger partial charge is 0.261 e. The van der Waals surface area contributed by atoms with Gasteiger partial charge in [0.15, 0.2) is 0 Å². The molecule has 0 bridgehead atoms. The second-order valence-corrected chi connectivity index (χ2v) is 7.53. The highest BCUT2D eigenvalue weighted by molar-refractivity contribution is 8.13. The van der Waals surface area contributed by atoms with Crippen LogP contribution in [0.2, 0.25) is 0 Å². The highest BCUT2D eigenvalue weighted by Crippen LogP contribution is 2.17. The number of benzene rings is 1. The van der Waals surface area contributed by atoms with Crippen molar-refractivity contribution in [3.8, 4) is 0 Å². The van der Waals surface area contributed by atoms with Gasteiger partial charge >= 0.3 is 0 Å². The molecular weight excluding hydrogens is 310 g/mol. The zero-order valence-electron chi connectivity index (χ0n) is 12.5. The summed E-state index contributed by atoms with van der Waals surface area (Å²) < 4.78 is 22.7. The van der Waals surface area contributed by atoms with Crippen LogP contribution in [0.15, 0.2) is 29.2 Å². The van der Waals surface area contributed by atoms with Crippen molar-refractivity contribution in [1.29, 1.82) is 0 Å². The summed E-state index contributed by atoms with van der Waals surface area (Å²) in [5, 5.41) is 0. The summed E-state index contributed by atoms with van der Waals surface area (Å²) in [6.45, 7) is 5.52. The maximum atomic E-state index is 12.5. The van der Waals surface area contributed by atoms with Gasteiger partial charge < -0.3 is 4.90 Å². The summed E-state index contributed by atoms with van der Waals surface area (Å²) in [7, 11) is 1.51. The lowest BCUT2D eigenvalue weighted by atomic mass is 10.1. The van der Waals surface area contributed by atoms with Gasteiger partial charge in [-0.3, -0.25) is 4.79 Å². The molecule has 21 heavy (non-hydrogen) atoms. The normalized spacial score (nSPS) is 11.4. The van der Waals surface area contributed by atoms with Gasteiger partial charge in [0.2, 0.25) is 0 Å². The van der Waals surface area contributed by atoms with Gasteiger partial charge in [0.05, 0.1) is 4.90 Å². The molecule has 1 aromatic rings. The standard InChI is InChI=1S/C15H22ClNO3S/c1-3-5-10-17(11-6-4-2)15(18)13-8-7-9-14(12-13)21(16,19)20/h7-9,12H,3-6,10-11H2,1-2H3. The molecule has 118 valence electrons. The molecule has 0 unspecified atom stereocenters. The van der Waals surface area contributed by atoms with E-state index in [-0.39, 0.29) is 10.8 Å². The van der Waals surface area contributed by atoms with Gasteiger partial charge in [-0.25, -0.2) is 8.42 Å². The molecular formula is C15H22ClNO3S. The summed E-state index contributed by atoms with van der Waals surface area (Å²) in [5.74, 6) is -0.140. The molecule has 0 aliphatic rings. The predicted octanol–water partition coefficient (Wildman–Crippen LogP) is 3.66. The van der Waals surface area contributed by atoms with Crippen molar-refractivity contribution < 1.29 is 13.2 Å². The zero-order valence-corrected chi connectivity index (χ0v) is 14.1. The largest absolute Gasteiger partial charge is 0.339 e. The molecule has 0 atom stereocenters. The van der Waals surface area contributed by atoms with Gasteiger partial charge in [0.25, 0.3) is 15.0 Å². The molecule has 0 aliphatic carbocycles. The quantitative estimate of drug-likeness (QED) is 0.683. The van der Waals surface area contributed by atoms with Gasteiger partial charge in [0, 0.05) is 29.3 Å². The van der Waals surface area contributed by atoms with Crippen LogP contribution < -0.4 is 0 Å². The number of hydrogen-bond donors (Lipinski definition) is 0. The molecule has 0 heterocycles. The topological polar surface area (TPSA) is 54.5 Å². The monoisotopic (exact) mass is 331 g/mol. The number of nitrogens with zero attached hydrogens (tertiary/aromatic N) is 1. The Balaban J connectivity index is 2.97. The van der Waals surface area contributed by atoms with Crippen molar-refractivity contribution in [2.24, 2.45) is 0 Å². The Morgan fingerprint density at radius 2 is 1.71 bits per heavy atom. The Hall–Kier alpha value is -1.07. The number of carbonyl (C=O) groups excluding carboxylic acids is 1. The number of carbonyl (C=O) groups is 1. The van der Waals surface area contributed by atoms with Gasteiger partial charge in [0.1, 0.15) is 0 Å². The Morgan fingerprint density at radius 1 is 1.14 bits per heavy atom. The zero-order chi connectivity index (χ0) is 15.9. The average Bonchev–Trinajstić information content (AvgIpc) is 2.46. The number of unbranched alkanes of at least 4 members (excludes halogenated alkanes) is 2. The van der Waals surface area contributed by atoms with Crippen LogP contribution in [-0.4, -0.2) is 32.3 Å². The molecule has 6 heteroatoms. The Kier molecular flexibility index (Phi) is 7.18. The third kappa shape index (κ3) is 5.67. The van der Waals surface area contributed by atoms with Crippen molar-refractivity contribution in [2.45, 2.75) is 44.4 Å². The van der Waals surface area contributed by atoms with Crippen molar-refractivity contribution >= 4 is 25.6 Å². The van der Waals surface area contributed by atoms with E-state index in [1.54, 1.807) is 17.0 Å². The molecule has 0 spiro atoms. The molecule has 0 N–H and O–H groups in total. The molecule has 0 aliphatic heterocycles. The summed E-state index contributed by atoms with van der Waals surface area (Å²) in [6.07, 6.45) is 3.88. The van der Waals surface area contributed by atoms with Gasteiger partial charge in [-0.05, 0) is 31.0 Å². The number of halogens is 1. The second-order valence-electron chi connectivity index (χ2n) is 4.96. The summed E-state index contributed by atoms with van der Waals surface area (Å²) in [5.41, 5.74) is 0.365. The van der Waals surface area contributed by atoms with Crippen LogP contribution in [-0.2, 0) is 9.05 Å². The van der Waals surface area contributed by atoms with E-state index in [0.717, 1.165) is 25.7 Å². The Morgan fingerprint density at radius 3 is 2.19 bits per heavy atom. The lowest BCUT2D eigenvalue weighted by molar-refractivity contribution is 0.0751. The SMILES string of the molecule is CCCCN(CCCC)C(=O)c1cccc(S(=O)(=O)Cl)c1. The van der Waals surface area contributed by atoms with Crippen molar-refractivity contribution in [3.05, 3.63) is 29.8 Å². The molecule has 4 nitrogen and oxygen atoms in total. The number of hydrogen-bond acceptors (Lipinski definition) is 3. The fourth-order valence-electron chi connectivity index (χ4n) is 1.98. The molecule has 0 aromatic heterocycles. The third-order valence-corrected chi connectivity index (χ3v) is 4.56. The molecule has 0 radical (unpaired) electrons. The average molecular weight is 332 g/mol. The first-order valence-electron chi connectivity index (χ1n) is 7.24. The van der Waals surface area contributed by atoms with Crippen LogP contribution in [0, 0.1) is 0 Å². The van der Waals surface area contributed by atoms with Crippen molar-refractivity contribution in [2.75, 3.05) is 13.1 Å². The number of rotatable bonds is 8. The minimum absolute atomic E-state index is 0.0408. The minimum Gasteiger partial charge on any atom is -0.339 e. The van der Waals surface area contributed by atoms with Gasteiger partial charge in [-0.1, -0.05) is 32.8 Å². The summed E-state index contributed by atoms with van der Waals surface area (Å²) in [4.78, 5) is 14.3. The van der Waals surface area contributed by atoms with E-state index in [1.165, 1.54) is 12.1 Å². The second kappa shape index (κ2) is 8.39. The van der Waals surface area contributed by atoms with Gasteiger partial charge in [-0.2, -0.15) is 0 Å². The maximum absolute atomic E-state index is 12.5. The summed E-state index contributed by atoms with van der Waals surface area (Å²) in [6, 6.07) is 5.90. The van der Waals surface area contributed by atoms with Crippen LogP contribution in [0.4, 0.5) is 0 Å². The molecule has 0 fully saturated rings.